The molecular weight excluding hydrogens is 665 g/mol. The molecule has 1 amide bonds. The Kier molecular flexibility index (Phi) is 39.0. The summed E-state index contributed by atoms with van der Waals surface area (Å²) in [6.45, 7) is 5.58. The highest BCUT2D eigenvalue weighted by molar-refractivity contribution is 5.70. The first-order valence-corrected chi connectivity index (χ1v) is 22.1. The summed E-state index contributed by atoms with van der Waals surface area (Å²) in [6, 6.07) is 0. The average Bonchev–Trinajstić information content (AvgIpc) is 3.14. The van der Waals surface area contributed by atoms with E-state index in [0.29, 0.717) is 19.4 Å². The van der Waals surface area contributed by atoms with Crippen LogP contribution >= 0.6 is 0 Å². The lowest BCUT2D eigenvalue weighted by Crippen LogP contribution is -2.34. The molecule has 310 valence electrons. The van der Waals surface area contributed by atoms with Gasteiger partial charge < -0.3 is 24.4 Å². The van der Waals surface area contributed by atoms with Crippen molar-refractivity contribution in [1.29, 1.82) is 0 Å². The monoisotopic (exact) mass is 749 g/mol. The van der Waals surface area contributed by atoms with Gasteiger partial charge in [0.25, 0.3) is 0 Å². The van der Waals surface area contributed by atoms with Crippen LogP contribution in [0, 0.1) is 0 Å². The van der Waals surface area contributed by atoms with Crippen molar-refractivity contribution in [2.75, 3.05) is 40.4 Å². The molecule has 0 spiro atoms. The number of ether oxygens (including phenoxy) is 3. The van der Waals surface area contributed by atoms with E-state index in [-0.39, 0.29) is 25.2 Å². The van der Waals surface area contributed by atoms with Gasteiger partial charge in [-0.05, 0) is 91.3 Å². The van der Waals surface area contributed by atoms with Crippen molar-refractivity contribution in [2.45, 2.75) is 206 Å². The fraction of sp³-hybridized carbons (Fsp3) is 0.844. The number of nitrogens with zero attached hydrogens (tertiary/aromatic N) is 1. The van der Waals surface area contributed by atoms with E-state index >= 15 is 0 Å². The molecule has 0 aliphatic carbocycles. The minimum atomic E-state index is -0.823. The van der Waals surface area contributed by atoms with Crippen molar-refractivity contribution < 1.29 is 28.6 Å². The number of unbranched alkanes of at least 4 members (excludes halogenated alkanes) is 22. The molecule has 8 heteroatoms. The summed E-state index contributed by atoms with van der Waals surface area (Å²) in [6.07, 6.45) is 40.5. The Morgan fingerprint density at radius 2 is 0.906 bits per heavy atom. The molecule has 8 nitrogen and oxygen atoms in total. The van der Waals surface area contributed by atoms with E-state index in [4.69, 9.17) is 14.2 Å². The second kappa shape index (κ2) is 40.8. The lowest BCUT2D eigenvalue weighted by molar-refractivity contribution is -0.161. The number of carbonyl (C=O) groups excluding carboxylic acids is 3. The topological polar surface area (TPSA) is 94.2 Å². The van der Waals surface area contributed by atoms with E-state index < -0.39 is 12.2 Å². The molecule has 0 rings (SSSR count). The van der Waals surface area contributed by atoms with Gasteiger partial charge in [-0.2, -0.15) is 0 Å². The molecular formula is C45H84N2O6. The Morgan fingerprint density at radius 3 is 1.36 bits per heavy atom. The standard InChI is InChI=1S/C45H84N2O6/c1-5-7-9-11-13-15-17-19-21-23-25-27-29-31-33-36-43(48)51-40-42(41-52-45(50)46-38-35-39-47(3)4)53-44(49)37-34-32-30-28-26-24-22-20-18-16-14-12-10-8-6-2/h19-22,42H,5-18,23-41H2,1-4H3,(H,46,50). The van der Waals surface area contributed by atoms with Crippen LogP contribution in [-0.4, -0.2) is 69.4 Å². The zero-order chi connectivity index (χ0) is 38.9. The number of nitrogens with one attached hydrogen (secondary N) is 1. The maximum absolute atomic E-state index is 12.6. The fourth-order valence-electron chi connectivity index (χ4n) is 6.10. The maximum atomic E-state index is 12.6. The van der Waals surface area contributed by atoms with Crippen LogP contribution < -0.4 is 5.32 Å². The van der Waals surface area contributed by atoms with Gasteiger partial charge in [0.15, 0.2) is 6.10 Å². The first-order chi connectivity index (χ1) is 25.9. The Morgan fingerprint density at radius 1 is 0.509 bits per heavy atom. The highest BCUT2D eigenvalue weighted by Gasteiger charge is 2.19. The molecule has 0 saturated carbocycles. The van der Waals surface area contributed by atoms with Gasteiger partial charge in [-0.25, -0.2) is 4.79 Å². The van der Waals surface area contributed by atoms with Crippen LogP contribution in [0.2, 0.25) is 0 Å². The molecule has 0 aromatic carbocycles. The van der Waals surface area contributed by atoms with Gasteiger partial charge in [-0.15, -0.1) is 0 Å². The van der Waals surface area contributed by atoms with Crippen LogP contribution in [0.15, 0.2) is 24.3 Å². The van der Waals surface area contributed by atoms with Gasteiger partial charge in [0.1, 0.15) is 13.2 Å². The third-order valence-electron chi connectivity index (χ3n) is 9.47. The third kappa shape index (κ3) is 40.7. The molecule has 0 aliphatic rings. The third-order valence-corrected chi connectivity index (χ3v) is 9.47. The Hall–Kier alpha value is -2.35. The molecule has 0 aliphatic heterocycles. The predicted molar refractivity (Wildman–Crippen MR) is 222 cm³/mol. The van der Waals surface area contributed by atoms with Crippen molar-refractivity contribution in [3.63, 3.8) is 0 Å². The average molecular weight is 749 g/mol. The lowest BCUT2D eigenvalue weighted by atomic mass is 10.1. The second-order valence-corrected chi connectivity index (χ2v) is 15.1. The minimum Gasteiger partial charge on any atom is -0.462 e. The van der Waals surface area contributed by atoms with Crippen molar-refractivity contribution in [3.8, 4) is 0 Å². The number of alkyl carbamates (subject to hydrolysis) is 1. The smallest absolute Gasteiger partial charge is 0.407 e. The first-order valence-electron chi connectivity index (χ1n) is 22.1. The van der Waals surface area contributed by atoms with Crippen molar-refractivity contribution >= 4 is 18.0 Å². The first kappa shape index (κ1) is 50.6. The normalized spacial score (nSPS) is 12.2. The number of esters is 2. The van der Waals surface area contributed by atoms with Crippen molar-refractivity contribution in [3.05, 3.63) is 24.3 Å². The second-order valence-electron chi connectivity index (χ2n) is 15.1. The molecule has 1 N–H and O–H groups in total. The Labute approximate surface area is 327 Å². The van der Waals surface area contributed by atoms with E-state index in [0.717, 1.165) is 70.8 Å². The highest BCUT2D eigenvalue weighted by atomic mass is 16.6. The van der Waals surface area contributed by atoms with Gasteiger partial charge in [-0.3, -0.25) is 9.59 Å². The zero-order valence-electron chi connectivity index (χ0n) is 35.1. The van der Waals surface area contributed by atoms with Crippen LogP contribution in [0.25, 0.3) is 0 Å². The van der Waals surface area contributed by atoms with Crippen molar-refractivity contribution in [1.82, 2.24) is 10.2 Å². The van der Waals surface area contributed by atoms with Gasteiger partial charge in [0.2, 0.25) is 0 Å². The van der Waals surface area contributed by atoms with Gasteiger partial charge in [0.05, 0.1) is 0 Å². The summed E-state index contributed by atoms with van der Waals surface area (Å²) in [7, 11) is 3.96. The van der Waals surface area contributed by atoms with E-state index in [2.05, 4.69) is 43.5 Å². The quantitative estimate of drug-likeness (QED) is 0.0289. The molecule has 0 bridgehead atoms. The highest BCUT2D eigenvalue weighted by Crippen LogP contribution is 2.13. The number of rotatable bonds is 39. The number of hydrogen-bond donors (Lipinski definition) is 1. The van der Waals surface area contributed by atoms with Crippen molar-refractivity contribution in [2.24, 2.45) is 0 Å². The van der Waals surface area contributed by atoms with E-state index in [1.165, 1.54) is 109 Å². The maximum Gasteiger partial charge on any atom is 0.407 e. The lowest BCUT2D eigenvalue weighted by Gasteiger charge is -2.18. The SMILES string of the molecule is CCCCCCCCC=CCCCCCCCC(=O)OCC(COC(=O)NCCCN(C)C)OC(=O)CCCCCCCC=CCCCCCCCC. The molecule has 0 saturated heterocycles. The Balaban J connectivity index is 4.25. The fourth-order valence-corrected chi connectivity index (χ4v) is 6.10. The summed E-state index contributed by atoms with van der Waals surface area (Å²) >= 11 is 0. The number of amides is 1. The van der Waals surface area contributed by atoms with Crippen LogP contribution in [0.5, 0.6) is 0 Å². The molecule has 0 heterocycles. The number of allylic oxidation sites excluding steroid dienone is 4. The molecule has 1 unspecified atom stereocenters. The summed E-state index contributed by atoms with van der Waals surface area (Å²) in [5.41, 5.74) is 0. The summed E-state index contributed by atoms with van der Waals surface area (Å²) < 4.78 is 16.4. The summed E-state index contributed by atoms with van der Waals surface area (Å²) in [5.74, 6) is -0.662. The molecule has 0 fully saturated rings. The van der Waals surface area contributed by atoms with Gasteiger partial charge >= 0.3 is 18.0 Å². The molecule has 0 radical (unpaired) electrons. The van der Waals surface area contributed by atoms with Crippen LogP contribution in [-0.2, 0) is 23.8 Å². The summed E-state index contributed by atoms with van der Waals surface area (Å²) in [4.78, 5) is 39.4. The Bertz CT molecular complexity index is 890. The zero-order valence-corrected chi connectivity index (χ0v) is 35.1. The largest absolute Gasteiger partial charge is 0.462 e. The molecule has 53 heavy (non-hydrogen) atoms. The minimum absolute atomic E-state index is 0.115. The van der Waals surface area contributed by atoms with Gasteiger partial charge in [-0.1, -0.05) is 141 Å². The molecule has 1 atom stereocenters. The van der Waals surface area contributed by atoms with E-state index in [1.807, 2.05) is 19.0 Å². The van der Waals surface area contributed by atoms with Crippen LogP contribution in [0.3, 0.4) is 0 Å². The number of carbonyl (C=O) groups is 3. The number of hydrogen-bond acceptors (Lipinski definition) is 7. The van der Waals surface area contributed by atoms with Crippen LogP contribution in [0.4, 0.5) is 4.79 Å². The van der Waals surface area contributed by atoms with E-state index in [9.17, 15) is 14.4 Å². The predicted octanol–water partition coefficient (Wildman–Crippen LogP) is 12.2. The summed E-state index contributed by atoms with van der Waals surface area (Å²) in [5, 5.41) is 2.72. The molecule has 0 aromatic heterocycles. The van der Waals surface area contributed by atoms with Gasteiger partial charge in [0, 0.05) is 19.4 Å². The van der Waals surface area contributed by atoms with Crippen LogP contribution in [0.1, 0.15) is 200 Å². The van der Waals surface area contributed by atoms with E-state index in [1.54, 1.807) is 0 Å². The molecule has 0 aromatic rings.